The lowest BCUT2D eigenvalue weighted by atomic mass is 9.92. The molecule has 2 amide bonds. The number of ether oxygens (including phenoxy) is 1. The molecule has 1 aliphatic heterocycles. The summed E-state index contributed by atoms with van der Waals surface area (Å²) in [5.74, 6) is 0.0626. The van der Waals surface area contributed by atoms with E-state index in [0.717, 1.165) is 12.8 Å². The summed E-state index contributed by atoms with van der Waals surface area (Å²) in [4.78, 5) is 36.9. The van der Waals surface area contributed by atoms with Crippen LogP contribution in [0.25, 0.3) is 0 Å². The standard InChI is InChI=1S/C19H26N2O4/c1-13-8-9-16(19(20)24)12-21(13)18(23)7-4-10-25-17-6-3-5-15(11-17)14(2)22/h3,5-6,11,13,16H,4,7-10,12H2,1-2H3,(H2,20,24). The van der Waals surface area contributed by atoms with Crippen molar-refractivity contribution in [3.05, 3.63) is 29.8 Å². The van der Waals surface area contributed by atoms with Gasteiger partial charge in [-0.2, -0.15) is 0 Å². The molecular weight excluding hydrogens is 320 g/mol. The summed E-state index contributed by atoms with van der Waals surface area (Å²) in [6, 6.07) is 7.14. The average molecular weight is 346 g/mol. The number of amides is 2. The molecule has 2 rings (SSSR count). The van der Waals surface area contributed by atoms with Gasteiger partial charge in [0.25, 0.3) is 0 Å². The Morgan fingerprint density at radius 3 is 2.72 bits per heavy atom. The lowest BCUT2D eigenvalue weighted by Crippen LogP contribution is -2.48. The van der Waals surface area contributed by atoms with Gasteiger partial charge in [-0.25, -0.2) is 0 Å². The zero-order valence-corrected chi connectivity index (χ0v) is 14.9. The third-order valence-corrected chi connectivity index (χ3v) is 4.65. The van der Waals surface area contributed by atoms with E-state index in [1.807, 2.05) is 6.92 Å². The fourth-order valence-electron chi connectivity index (χ4n) is 3.05. The Bertz CT molecular complexity index is 644. The molecule has 6 heteroatoms. The maximum absolute atomic E-state index is 12.4. The van der Waals surface area contributed by atoms with E-state index in [-0.39, 0.29) is 29.6 Å². The van der Waals surface area contributed by atoms with E-state index in [9.17, 15) is 14.4 Å². The van der Waals surface area contributed by atoms with Gasteiger partial charge in [-0.15, -0.1) is 0 Å². The van der Waals surface area contributed by atoms with Crippen LogP contribution in [0.4, 0.5) is 0 Å². The molecule has 1 fully saturated rings. The zero-order chi connectivity index (χ0) is 18.4. The molecule has 0 aromatic heterocycles. The predicted octanol–water partition coefficient (Wildman–Crippen LogP) is 2.16. The van der Waals surface area contributed by atoms with Gasteiger partial charge in [0.1, 0.15) is 5.75 Å². The van der Waals surface area contributed by atoms with Crippen LogP contribution in [-0.2, 0) is 9.59 Å². The first kappa shape index (κ1) is 19.0. The van der Waals surface area contributed by atoms with Gasteiger partial charge in [-0.3, -0.25) is 14.4 Å². The Balaban J connectivity index is 1.79. The molecule has 1 heterocycles. The number of nitrogens with two attached hydrogens (primary N) is 1. The highest BCUT2D eigenvalue weighted by molar-refractivity contribution is 5.94. The van der Waals surface area contributed by atoms with Crippen LogP contribution < -0.4 is 10.5 Å². The summed E-state index contributed by atoms with van der Waals surface area (Å²) in [5.41, 5.74) is 5.98. The van der Waals surface area contributed by atoms with Crippen molar-refractivity contribution >= 4 is 17.6 Å². The van der Waals surface area contributed by atoms with Crippen molar-refractivity contribution in [3.8, 4) is 5.75 Å². The molecule has 0 bridgehead atoms. The number of rotatable bonds is 7. The minimum Gasteiger partial charge on any atom is -0.494 e. The van der Waals surface area contributed by atoms with E-state index in [1.165, 1.54) is 6.92 Å². The number of hydrogen-bond acceptors (Lipinski definition) is 4. The van der Waals surface area contributed by atoms with Crippen LogP contribution in [0.15, 0.2) is 24.3 Å². The summed E-state index contributed by atoms with van der Waals surface area (Å²) in [6.45, 7) is 4.32. The van der Waals surface area contributed by atoms with Crippen LogP contribution in [0.1, 0.15) is 49.9 Å². The van der Waals surface area contributed by atoms with Crippen LogP contribution in [-0.4, -0.2) is 41.7 Å². The maximum atomic E-state index is 12.4. The van der Waals surface area contributed by atoms with Crippen molar-refractivity contribution < 1.29 is 19.1 Å². The Kier molecular flexibility index (Phi) is 6.56. The Morgan fingerprint density at radius 2 is 2.04 bits per heavy atom. The maximum Gasteiger partial charge on any atom is 0.222 e. The lowest BCUT2D eigenvalue weighted by molar-refractivity contribution is -0.137. The highest BCUT2D eigenvalue weighted by atomic mass is 16.5. The number of ketones is 1. The van der Waals surface area contributed by atoms with E-state index in [0.29, 0.717) is 37.3 Å². The van der Waals surface area contributed by atoms with Crippen molar-refractivity contribution in [2.45, 2.75) is 45.6 Å². The van der Waals surface area contributed by atoms with Crippen molar-refractivity contribution in [2.24, 2.45) is 11.7 Å². The number of piperidine rings is 1. The first-order valence-corrected chi connectivity index (χ1v) is 8.71. The fraction of sp³-hybridized carbons (Fsp3) is 0.526. The van der Waals surface area contributed by atoms with Gasteiger partial charge in [0.15, 0.2) is 5.78 Å². The number of hydrogen-bond donors (Lipinski definition) is 1. The van der Waals surface area contributed by atoms with Crippen LogP contribution in [0.3, 0.4) is 0 Å². The predicted molar refractivity (Wildman–Crippen MR) is 94.3 cm³/mol. The second-order valence-electron chi connectivity index (χ2n) is 6.61. The van der Waals surface area contributed by atoms with Gasteiger partial charge >= 0.3 is 0 Å². The third-order valence-electron chi connectivity index (χ3n) is 4.65. The molecule has 2 unspecified atom stereocenters. The highest BCUT2D eigenvalue weighted by Crippen LogP contribution is 2.22. The van der Waals surface area contributed by atoms with Crippen LogP contribution >= 0.6 is 0 Å². The SMILES string of the molecule is CC(=O)c1cccc(OCCCC(=O)N2CC(C(N)=O)CCC2C)c1. The largest absolute Gasteiger partial charge is 0.494 e. The number of primary amides is 1. The zero-order valence-electron chi connectivity index (χ0n) is 14.9. The topological polar surface area (TPSA) is 89.7 Å². The van der Waals surface area contributed by atoms with Gasteiger partial charge in [0, 0.05) is 24.6 Å². The number of likely N-dealkylation sites (tertiary alicyclic amines) is 1. The van der Waals surface area contributed by atoms with E-state index < -0.39 is 0 Å². The molecule has 1 aliphatic rings. The minimum atomic E-state index is -0.335. The summed E-state index contributed by atoms with van der Waals surface area (Å²) in [5, 5.41) is 0. The van der Waals surface area contributed by atoms with E-state index >= 15 is 0 Å². The number of Topliss-reactive ketones (excluding diaryl/α,β-unsaturated/α-hetero) is 1. The number of benzene rings is 1. The number of carbonyl (C=O) groups is 3. The molecule has 0 spiro atoms. The molecule has 2 N–H and O–H groups in total. The monoisotopic (exact) mass is 346 g/mol. The molecule has 6 nitrogen and oxygen atoms in total. The number of nitrogens with zero attached hydrogens (tertiary/aromatic N) is 1. The van der Waals surface area contributed by atoms with Gasteiger partial charge in [0.2, 0.25) is 11.8 Å². The van der Waals surface area contributed by atoms with Gasteiger partial charge in [-0.05, 0) is 45.2 Å². The van der Waals surface area contributed by atoms with E-state index in [2.05, 4.69) is 0 Å². The second kappa shape index (κ2) is 8.65. The normalized spacial score (nSPS) is 20.2. The van der Waals surface area contributed by atoms with Crippen LogP contribution in [0, 0.1) is 5.92 Å². The van der Waals surface area contributed by atoms with Crippen LogP contribution in [0.5, 0.6) is 5.75 Å². The molecule has 1 aromatic rings. The third kappa shape index (κ3) is 5.31. The Hall–Kier alpha value is -2.37. The smallest absolute Gasteiger partial charge is 0.222 e. The molecule has 25 heavy (non-hydrogen) atoms. The second-order valence-corrected chi connectivity index (χ2v) is 6.61. The summed E-state index contributed by atoms with van der Waals surface area (Å²) in [7, 11) is 0. The van der Waals surface area contributed by atoms with Gasteiger partial charge in [0.05, 0.1) is 12.5 Å². The molecule has 136 valence electrons. The van der Waals surface area contributed by atoms with Crippen molar-refractivity contribution in [1.82, 2.24) is 4.90 Å². The Morgan fingerprint density at radius 1 is 1.28 bits per heavy atom. The Labute approximate surface area is 148 Å². The molecular formula is C19H26N2O4. The van der Waals surface area contributed by atoms with Crippen molar-refractivity contribution in [1.29, 1.82) is 0 Å². The van der Waals surface area contributed by atoms with E-state index in [4.69, 9.17) is 10.5 Å². The molecule has 1 saturated heterocycles. The fourth-order valence-corrected chi connectivity index (χ4v) is 3.05. The molecule has 0 saturated carbocycles. The summed E-state index contributed by atoms with van der Waals surface area (Å²) in [6.07, 6.45) is 2.49. The van der Waals surface area contributed by atoms with Gasteiger partial charge in [-0.1, -0.05) is 12.1 Å². The van der Waals surface area contributed by atoms with E-state index in [1.54, 1.807) is 29.2 Å². The highest BCUT2D eigenvalue weighted by Gasteiger charge is 2.31. The first-order chi connectivity index (χ1) is 11.9. The minimum absolute atomic E-state index is 0.0104. The van der Waals surface area contributed by atoms with Gasteiger partial charge < -0.3 is 15.4 Å². The number of carbonyl (C=O) groups excluding carboxylic acids is 3. The van der Waals surface area contributed by atoms with Crippen molar-refractivity contribution in [3.63, 3.8) is 0 Å². The molecule has 0 aliphatic carbocycles. The van der Waals surface area contributed by atoms with Crippen LogP contribution in [0.2, 0.25) is 0 Å². The van der Waals surface area contributed by atoms with Crippen molar-refractivity contribution in [2.75, 3.05) is 13.2 Å². The molecule has 1 aromatic carbocycles. The first-order valence-electron chi connectivity index (χ1n) is 8.71. The summed E-state index contributed by atoms with van der Waals surface area (Å²) >= 11 is 0. The average Bonchev–Trinajstić information content (AvgIpc) is 2.59. The molecule has 2 atom stereocenters. The molecule has 0 radical (unpaired) electrons. The lowest BCUT2D eigenvalue weighted by Gasteiger charge is -2.37. The quantitative estimate of drug-likeness (QED) is 0.605. The summed E-state index contributed by atoms with van der Waals surface area (Å²) < 4.78 is 5.62.